The Bertz CT molecular complexity index is 1160. The Morgan fingerprint density at radius 3 is 2.31 bits per heavy atom. The molecule has 1 atom stereocenters. The second-order valence-electron chi connectivity index (χ2n) is 7.63. The number of aromatic nitrogens is 1. The number of rotatable bonds is 4. The van der Waals surface area contributed by atoms with Gasteiger partial charge in [0, 0.05) is 41.5 Å². The molecule has 6 heteroatoms. The van der Waals surface area contributed by atoms with Crippen LogP contribution in [-0.2, 0) is 11.3 Å². The number of carbonyl (C=O) groups is 1. The molecule has 29 heavy (non-hydrogen) atoms. The molecule has 2 aromatic carbocycles. The van der Waals surface area contributed by atoms with Crippen LogP contribution in [0.3, 0.4) is 0 Å². The number of hydrogen-bond acceptors (Lipinski definition) is 5. The average Bonchev–Trinajstić information content (AvgIpc) is 3.05. The van der Waals surface area contributed by atoms with Gasteiger partial charge in [0.05, 0.1) is 37.1 Å². The number of ketones is 1. The molecule has 1 aromatic heterocycles. The van der Waals surface area contributed by atoms with Crippen LogP contribution in [0.2, 0.25) is 0 Å². The van der Waals surface area contributed by atoms with Crippen LogP contribution in [0, 0.1) is 0 Å². The Morgan fingerprint density at radius 1 is 0.897 bits per heavy atom. The van der Waals surface area contributed by atoms with Gasteiger partial charge in [-0.25, -0.2) is 0 Å². The van der Waals surface area contributed by atoms with Crippen LogP contribution in [0.1, 0.15) is 15.9 Å². The number of carbonyl (C=O) groups excluding carboxylic acids is 1. The van der Waals surface area contributed by atoms with Crippen molar-refractivity contribution in [2.75, 3.05) is 32.8 Å². The van der Waals surface area contributed by atoms with Crippen molar-refractivity contribution in [2.45, 2.75) is 12.6 Å². The zero-order valence-electron chi connectivity index (χ0n) is 16.0. The van der Waals surface area contributed by atoms with Crippen molar-refractivity contribution in [2.24, 2.45) is 0 Å². The first-order valence-electron chi connectivity index (χ1n) is 9.93. The number of morpholine rings is 1. The van der Waals surface area contributed by atoms with Crippen LogP contribution < -0.4 is 5.56 Å². The van der Waals surface area contributed by atoms with Gasteiger partial charge >= 0.3 is 0 Å². The monoisotopic (exact) mass is 390 g/mol. The molecule has 3 aromatic rings. The summed E-state index contributed by atoms with van der Waals surface area (Å²) in [6, 6.07) is 14.6. The van der Waals surface area contributed by atoms with Crippen molar-refractivity contribution < 1.29 is 14.6 Å². The molecule has 148 valence electrons. The number of nitrogens with zero attached hydrogens (tertiary/aromatic N) is 2. The van der Waals surface area contributed by atoms with Crippen molar-refractivity contribution in [3.63, 3.8) is 0 Å². The van der Waals surface area contributed by atoms with Gasteiger partial charge in [-0.1, -0.05) is 42.5 Å². The van der Waals surface area contributed by atoms with Gasteiger partial charge < -0.3 is 14.4 Å². The fraction of sp³-hybridized carbons (Fsp3) is 0.304. The summed E-state index contributed by atoms with van der Waals surface area (Å²) in [7, 11) is 0. The summed E-state index contributed by atoms with van der Waals surface area (Å²) in [6.45, 7) is 3.45. The second-order valence-corrected chi connectivity index (χ2v) is 7.63. The number of aliphatic hydroxyl groups is 1. The third-order valence-electron chi connectivity index (χ3n) is 5.80. The molecule has 1 fully saturated rings. The van der Waals surface area contributed by atoms with E-state index in [1.807, 2.05) is 30.3 Å². The number of aliphatic hydroxyl groups excluding tert-OH is 1. The maximum atomic E-state index is 13.3. The van der Waals surface area contributed by atoms with E-state index in [1.54, 1.807) is 22.8 Å². The molecule has 2 heterocycles. The highest BCUT2D eigenvalue weighted by Crippen LogP contribution is 2.39. The van der Waals surface area contributed by atoms with Crippen LogP contribution in [-0.4, -0.2) is 59.3 Å². The van der Waals surface area contributed by atoms with Gasteiger partial charge in [0.2, 0.25) is 0 Å². The van der Waals surface area contributed by atoms with Crippen molar-refractivity contribution >= 4 is 16.6 Å². The lowest BCUT2D eigenvalue weighted by molar-refractivity contribution is 0.0114. The molecule has 1 N–H and O–H groups in total. The zero-order valence-corrected chi connectivity index (χ0v) is 16.0. The highest BCUT2D eigenvalue weighted by Gasteiger charge is 2.32. The second kappa shape index (κ2) is 7.22. The number of fused-ring (bicyclic) bond motifs is 5. The third kappa shape index (κ3) is 3.00. The van der Waals surface area contributed by atoms with Crippen molar-refractivity contribution in [1.82, 2.24) is 9.47 Å². The summed E-state index contributed by atoms with van der Waals surface area (Å²) >= 11 is 0. The van der Waals surface area contributed by atoms with E-state index in [9.17, 15) is 14.7 Å². The lowest BCUT2D eigenvalue weighted by atomic mass is 10.0. The number of benzene rings is 2. The molecular formula is C23H22N2O4. The van der Waals surface area contributed by atoms with Crippen LogP contribution in [0.5, 0.6) is 0 Å². The first-order valence-corrected chi connectivity index (χ1v) is 9.93. The predicted octanol–water partition coefficient (Wildman–Crippen LogP) is 1.91. The van der Waals surface area contributed by atoms with Crippen LogP contribution in [0.4, 0.5) is 0 Å². The predicted molar refractivity (Wildman–Crippen MR) is 110 cm³/mol. The summed E-state index contributed by atoms with van der Waals surface area (Å²) in [5.74, 6) is -0.0665. The maximum absolute atomic E-state index is 13.3. The number of hydrogen-bond donors (Lipinski definition) is 1. The summed E-state index contributed by atoms with van der Waals surface area (Å²) in [6.07, 6.45) is -0.723. The first kappa shape index (κ1) is 18.2. The molecule has 5 rings (SSSR count). The first-order chi connectivity index (χ1) is 14.1. The molecule has 1 unspecified atom stereocenters. The highest BCUT2D eigenvalue weighted by molar-refractivity contribution is 6.26. The van der Waals surface area contributed by atoms with E-state index in [1.165, 1.54) is 0 Å². The zero-order chi connectivity index (χ0) is 20.0. The van der Waals surface area contributed by atoms with Crippen LogP contribution in [0.15, 0.2) is 53.3 Å². The van der Waals surface area contributed by atoms with E-state index >= 15 is 0 Å². The Kier molecular flexibility index (Phi) is 4.54. The van der Waals surface area contributed by atoms with E-state index in [0.717, 1.165) is 18.7 Å². The van der Waals surface area contributed by atoms with Crippen molar-refractivity contribution in [3.8, 4) is 11.3 Å². The van der Waals surface area contributed by atoms with Crippen molar-refractivity contribution in [3.05, 3.63) is 70.0 Å². The Hall–Kier alpha value is -2.80. The van der Waals surface area contributed by atoms with Gasteiger partial charge in [-0.05, 0) is 6.07 Å². The van der Waals surface area contributed by atoms with Gasteiger partial charge in [0.15, 0.2) is 5.78 Å². The third-order valence-corrected chi connectivity index (χ3v) is 5.80. The van der Waals surface area contributed by atoms with Crippen molar-refractivity contribution in [1.29, 1.82) is 0 Å². The standard InChI is InChI=1S/C23H22N2O4/c26-15(13-24-9-11-29-12-10-24)14-25-21-17-6-2-3-7-18(17)22(27)20(21)16-5-1-4-8-19(16)23(25)28/h1-8,15,26H,9-14H2. The molecule has 1 aliphatic carbocycles. The van der Waals surface area contributed by atoms with E-state index < -0.39 is 6.10 Å². The summed E-state index contributed by atoms with van der Waals surface area (Å²) in [4.78, 5) is 28.6. The fourth-order valence-corrected chi connectivity index (χ4v) is 4.45. The fourth-order valence-electron chi connectivity index (χ4n) is 4.45. The lowest BCUT2D eigenvalue weighted by Crippen LogP contribution is -2.43. The normalized spacial score (nSPS) is 17.3. The van der Waals surface area contributed by atoms with E-state index in [-0.39, 0.29) is 17.9 Å². The summed E-state index contributed by atoms with van der Waals surface area (Å²) < 4.78 is 6.95. The molecule has 1 saturated heterocycles. The minimum Gasteiger partial charge on any atom is -0.390 e. The molecule has 0 bridgehead atoms. The molecular weight excluding hydrogens is 368 g/mol. The highest BCUT2D eigenvalue weighted by atomic mass is 16.5. The maximum Gasteiger partial charge on any atom is 0.259 e. The van der Waals surface area contributed by atoms with Crippen LogP contribution in [0.25, 0.3) is 22.0 Å². The number of ether oxygens (including phenoxy) is 1. The summed E-state index contributed by atoms with van der Waals surface area (Å²) in [5.41, 5.74) is 2.36. The van der Waals surface area contributed by atoms with Crippen LogP contribution >= 0.6 is 0 Å². The summed E-state index contributed by atoms with van der Waals surface area (Å²) in [5, 5.41) is 11.9. The van der Waals surface area contributed by atoms with Gasteiger partial charge in [-0.15, -0.1) is 0 Å². The Morgan fingerprint density at radius 2 is 1.55 bits per heavy atom. The van der Waals surface area contributed by atoms with Gasteiger partial charge in [-0.2, -0.15) is 0 Å². The van der Waals surface area contributed by atoms with Gasteiger partial charge in [0.1, 0.15) is 0 Å². The lowest BCUT2D eigenvalue weighted by Gasteiger charge is -2.29. The molecule has 2 aliphatic rings. The van der Waals surface area contributed by atoms with Gasteiger partial charge in [0.25, 0.3) is 5.56 Å². The minimum atomic E-state index is -0.723. The average molecular weight is 390 g/mol. The van der Waals surface area contributed by atoms with E-state index in [0.29, 0.717) is 47.4 Å². The largest absolute Gasteiger partial charge is 0.390 e. The molecule has 6 nitrogen and oxygen atoms in total. The minimum absolute atomic E-state index is 0.0665. The Balaban J connectivity index is 1.63. The number of pyridine rings is 1. The van der Waals surface area contributed by atoms with E-state index in [2.05, 4.69) is 4.90 Å². The quantitative estimate of drug-likeness (QED) is 0.576. The molecule has 1 aliphatic heterocycles. The topological polar surface area (TPSA) is 71.8 Å². The van der Waals surface area contributed by atoms with E-state index in [4.69, 9.17) is 4.74 Å². The van der Waals surface area contributed by atoms with Gasteiger partial charge in [-0.3, -0.25) is 14.5 Å². The smallest absolute Gasteiger partial charge is 0.259 e. The number of β-amino-alcohol motifs (C(OH)–C–C–N with tert-alkyl or cyclic N) is 1. The SMILES string of the molecule is O=C1c2ccccc2-c2c1c1ccccc1c(=O)n2CC(O)CN1CCOCC1. The molecule has 0 saturated carbocycles. The molecule has 0 amide bonds. The molecule has 0 spiro atoms. The Labute approximate surface area is 167 Å². The molecule has 0 radical (unpaired) electrons.